The number of fused-ring (bicyclic) bond motifs is 1. The Balaban J connectivity index is 2.74. The number of aliphatic carboxylic acids is 1. The van der Waals surface area contributed by atoms with E-state index in [1.165, 1.54) is 18.2 Å². The first kappa shape index (κ1) is 14.2. The normalized spacial score (nSPS) is 10.9. The number of carboxylic acid groups (broad SMARTS) is 1. The van der Waals surface area contributed by atoms with Gasteiger partial charge in [0, 0.05) is 23.7 Å². The van der Waals surface area contributed by atoms with Crippen molar-refractivity contribution >= 4 is 16.9 Å². The predicted molar refractivity (Wildman–Crippen MR) is 74.4 cm³/mol. The molecule has 0 radical (unpaired) electrons. The molecule has 1 N–H and O–H groups in total. The van der Waals surface area contributed by atoms with E-state index in [9.17, 15) is 14.0 Å². The lowest BCUT2D eigenvalue weighted by molar-refractivity contribution is -0.136. The topological polar surface area (TPSA) is 59.3 Å². The van der Waals surface area contributed by atoms with Gasteiger partial charge in [0.15, 0.2) is 5.43 Å². The molecular formula is C15H16FNO3. The number of halogens is 1. The van der Waals surface area contributed by atoms with Crippen LogP contribution in [0.3, 0.4) is 0 Å². The fourth-order valence-electron chi connectivity index (χ4n) is 2.31. The molecule has 0 unspecified atom stereocenters. The molecule has 0 saturated carbocycles. The maximum absolute atomic E-state index is 14.1. The number of nitrogens with zero attached hydrogens (tertiary/aromatic N) is 1. The summed E-state index contributed by atoms with van der Waals surface area (Å²) in [6, 6.07) is 5.63. The fourth-order valence-corrected chi connectivity index (χ4v) is 2.31. The van der Waals surface area contributed by atoms with Crippen molar-refractivity contribution < 1.29 is 14.3 Å². The standard InChI is InChI=1S/C15H16FNO3/c1-2-3-7-17-10(9-14(19)20)8-13(18)11-5-4-6-12(16)15(11)17/h4-6,8H,2-3,7,9H2,1H3,(H,19,20). The molecule has 20 heavy (non-hydrogen) atoms. The Labute approximate surface area is 115 Å². The summed E-state index contributed by atoms with van der Waals surface area (Å²) in [5.74, 6) is -1.53. The Kier molecular flexibility index (Phi) is 4.17. The van der Waals surface area contributed by atoms with Crippen molar-refractivity contribution in [1.29, 1.82) is 0 Å². The van der Waals surface area contributed by atoms with Crippen LogP contribution >= 0.6 is 0 Å². The molecule has 0 atom stereocenters. The average Bonchev–Trinajstić information content (AvgIpc) is 2.38. The van der Waals surface area contributed by atoms with Crippen LogP contribution in [-0.4, -0.2) is 15.6 Å². The maximum atomic E-state index is 14.1. The van der Waals surface area contributed by atoms with Gasteiger partial charge in [-0.25, -0.2) is 4.39 Å². The molecular weight excluding hydrogens is 261 g/mol. The minimum Gasteiger partial charge on any atom is -0.481 e. The summed E-state index contributed by atoms with van der Waals surface area (Å²) in [4.78, 5) is 22.9. The first-order chi connectivity index (χ1) is 9.54. The molecule has 2 aromatic rings. The van der Waals surface area contributed by atoms with Crippen molar-refractivity contribution in [3.63, 3.8) is 0 Å². The van der Waals surface area contributed by atoms with Crippen molar-refractivity contribution in [2.45, 2.75) is 32.7 Å². The summed E-state index contributed by atoms with van der Waals surface area (Å²) >= 11 is 0. The van der Waals surface area contributed by atoms with E-state index in [0.717, 1.165) is 12.8 Å². The van der Waals surface area contributed by atoms with E-state index < -0.39 is 11.8 Å². The van der Waals surface area contributed by atoms with Crippen molar-refractivity contribution in [3.8, 4) is 0 Å². The summed E-state index contributed by atoms with van der Waals surface area (Å²) in [5, 5.41) is 9.23. The van der Waals surface area contributed by atoms with Crippen LogP contribution in [-0.2, 0) is 17.8 Å². The van der Waals surface area contributed by atoms with Crippen molar-refractivity contribution in [3.05, 3.63) is 46.0 Å². The van der Waals surface area contributed by atoms with Crippen molar-refractivity contribution in [2.75, 3.05) is 0 Å². The summed E-state index contributed by atoms with van der Waals surface area (Å²) < 4.78 is 15.7. The summed E-state index contributed by atoms with van der Waals surface area (Å²) in [7, 11) is 0. The third kappa shape index (κ3) is 2.71. The van der Waals surface area contributed by atoms with E-state index in [0.29, 0.717) is 12.2 Å². The van der Waals surface area contributed by atoms with Crippen molar-refractivity contribution in [1.82, 2.24) is 4.57 Å². The van der Waals surface area contributed by atoms with Gasteiger partial charge >= 0.3 is 5.97 Å². The van der Waals surface area contributed by atoms with E-state index in [1.54, 1.807) is 10.6 Å². The molecule has 0 amide bonds. The quantitative estimate of drug-likeness (QED) is 0.913. The van der Waals surface area contributed by atoms with Crippen molar-refractivity contribution in [2.24, 2.45) is 0 Å². The third-order valence-electron chi connectivity index (χ3n) is 3.23. The number of hydrogen-bond acceptors (Lipinski definition) is 2. The molecule has 0 aliphatic carbocycles. The molecule has 2 rings (SSSR count). The maximum Gasteiger partial charge on any atom is 0.309 e. The van der Waals surface area contributed by atoms with E-state index in [4.69, 9.17) is 5.11 Å². The van der Waals surface area contributed by atoms with Crippen LogP contribution in [0.5, 0.6) is 0 Å². The zero-order chi connectivity index (χ0) is 14.7. The van der Waals surface area contributed by atoms with Gasteiger partial charge in [0.25, 0.3) is 0 Å². The van der Waals surface area contributed by atoms with Crippen LogP contribution in [0.4, 0.5) is 4.39 Å². The van der Waals surface area contributed by atoms with E-state index in [1.807, 2.05) is 6.92 Å². The Bertz CT molecular complexity index is 706. The SMILES string of the molecule is CCCCn1c(CC(=O)O)cc(=O)c2cccc(F)c21. The minimum atomic E-state index is -1.04. The number of para-hydroxylation sites is 1. The second-order valence-corrected chi connectivity index (χ2v) is 4.71. The van der Waals surface area contributed by atoms with Crippen LogP contribution in [0, 0.1) is 5.82 Å². The highest BCUT2D eigenvalue weighted by molar-refractivity contribution is 5.81. The van der Waals surface area contributed by atoms with E-state index in [-0.39, 0.29) is 22.8 Å². The Morgan fingerprint density at radius 1 is 1.40 bits per heavy atom. The Hall–Kier alpha value is -2.17. The lowest BCUT2D eigenvalue weighted by atomic mass is 10.1. The lowest BCUT2D eigenvalue weighted by Gasteiger charge is -2.16. The number of benzene rings is 1. The molecule has 1 aromatic carbocycles. The second kappa shape index (κ2) is 5.86. The van der Waals surface area contributed by atoms with E-state index in [2.05, 4.69) is 0 Å². The van der Waals surface area contributed by atoms with Gasteiger partial charge < -0.3 is 9.67 Å². The van der Waals surface area contributed by atoms with E-state index >= 15 is 0 Å². The summed E-state index contributed by atoms with van der Waals surface area (Å²) in [6.45, 7) is 2.49. The van der Waals surface area contributed by atoms with Gasteiger partial charge in [0.2, 0.25) is 0 Å². The number of hydrogen-bond donors (Lipinski definition) is 1. The smallest absolute Gasteiger partial charge is 0.309 e. The van der Waals surface area contributed by atoms with Crippen LogP contribution in [0.1, 0.15) is 25.5 Å². The molecule has 106 valence electrons. The number of rotatable bonds is 5. The number of aromatic nitrogens is 1. The zero-order valence-electron chi connectivity index (χ0n) is 11.2. The van der Waals surface area contributed by atoms with Crippen LogP contribution in [0.25, 0.3) is 10.9 Å². The number of carbonyl (C=O) groups is 1. The summed E-state index contributed by atoms with van der Waals surface area (Å²) in [5.41, 5.74) is 0.196. The van der Waals surface area contributed by atoms with Gasteiger partial charge in [-0.05, 0) is 18.6 Å². The van der Waals surface area contributed by atoms with Crippen LogP contribution < -0.4 is 5.43 Å². The van der Waals surface area contributed by atoms with Gasteiger partial charge in [-0.2, -0.15) is 0 Å². The van der Waals surface area contributed by atoms with Crippen LogP contribution in [0.2, 0.25) is 0 Å². The molecule has 0 saturated heterocycles. The van der Waals surface area contributed by atoms with Crippen LogP contribution in [0.15, 0.2) is 29.1 Å². The summed E-state index contributed by atoms with van der Waals surface area (Å²) in [6.07, 6.45) is 1.40. The molecule has 0 aliphatic rings. The van der Waals surface area contributed by atoms with Gasteiger partial charge in [0.1, 0.15) is 5.82 Å². The highest BCUT2D eigenvalue weighted by Crippen LogP contribution is 2.18. The van der Waals surface area contributed by atoms with Gasteiger partial charge in [0.05, 0.1) is 11.9 Å². The lowest BCUT2D eigenvalue weighted by Crippen LogP contribution is -2.18. The monoisotopic (exact) mass is 277 g/mol. The van der Waals surface area contributed by atoms with Gasteiger partial charge in [-0.3, -0.25) is 9.59 Å². The number of aryl methyl sites for hydroxylation is 1. The molecule has 1 heterocycles. The molecule has 0 bridgehead atoms. The fraction of sp³-hybridized carbons (Fsp3) is 0.333. The second-order valence-electron chi connectivity index (χ2n) is 4.71. The first-order valence-electron chi connectivity index (χ1n) is 6.57. The molecule has 5 heteroatoms. The molecule has 1 aromatic heterocycles. The first-order valence-corrected chi connectivity index (χ1v) is 6.57. The average molecular weight is 277 g/mol. The molecule has 0 spiro atoms. The molecule has 4 nitrogen and oxygen atoms in total. The third-order valence-corrected chi connectivity index (χ3v) is 3.23. The van der Waals surface area contributed by atoms with Gasteiger partial charge in [-0.15, -0.1) is 0 Å². The highest BCUT2D eigenvalue weighted by Gasteiger charge is 2.14. The Morgan fingerprint density at radius 2 is 2.15 bits per heavy atom. The molecule has 0 aliphatic heterocycles. The minimum absolute atomic E-state index is 0.199. The van der Waals surface area contributed by atoms with Gasteiger partial charge in [-0.1, -0.05) is 19.4 Å². The largest absolute Gasteiger partial charge is 0.481 e. The zero-order valence-corrected chi connectivity index (χ0v) is 11.2. The Morgan fingerprint density at radius 3 is 2.80 bits per heavy atom. The number of unbranched alkanes of at least 4 members (excludes halogenated alkanes) is 1. The molecule has 0 fully saturated rings. The highest BCUT2D eigenvalue weighted by atomic mass is 19.1. The number of carboxylic acids is 1. The predicted octanol–water partition coefficient (Wildman–Crippen LogP) is 2.57. The number of pyridine rings is 1.